The first-order chi connectivity index (χ1) is 5.29. The number of rotatable bonds is 0. The molecule has 0 nitrogen and oxygen atoms in total. The van der Waals surface area contributed by atoms with Crippen molar-refractivity contribution in [1.82, 2.24) is 0 Å². The van der Waals surface area contributed by atoms with Crippen LogP contribution in [0.5, 0.6) is 0 Å². The van der Waals surface area contributed by atoms with Gasteiger partial charge in [-0.2, -0.15) is 0 Å². The molecule has 0 fully saturated rings. The van der Waals surface area contributed by atoms with Gasteiger partial charge < -0.3 is 0 Å². The van der Waals surface area contributed by atoms with E-state index >= 15 is 0 Å². The van der Waals surface area contributed by atoms with Crippen molar-refractivity contribution in [3.8, 4) is 0 Å². The number of hydrogen-bond acceptors (Lipinski definition) is 0. The van der Waals surface area contributed by atoms with E-state index < -0.39 is 0 Å². The molecule has 0 saturated carbocycles. The van der Waals surface area contributed by atoms with Gasteiger partial charge in [-0.15, -0.1) is 11.6 Å². The molecule has 0 amide bonds. The van der Waals surface area contributed by atoms with Gasteiger partial charge in [0.05, 0.1) is 5.38 Å². The monoisotopic (exact) mass is 278 g/mol. The second-order valence-corrected chi connectivity index (χ2v) is 4.89. The number of alkyl halides is 2. The van der Waals surface area contributed by atoms with Crippen LogP contribution in [0.25, 0.3) is 0 Å². The van der Waals surface area contributed by atoms with Crippen LogP contribution in [0.15, 0.2) is 24.3 Å². The highest BCUT2D eigenvalue weighted by Crippen LogP contribution is 2.40. The van der Waals surface area contributed by atoms with Gasteiger partial charge in [-0.3, -0.25) is 0 Å². The minimum Gasteiger partial charge on any atom is -0.117 e. The Hall–Kier alpha value is 0.240. The van der Waals surface area contributed by atoms with E-state index in [4.69, 9.17) is 11.6 Å². The molecule has 0 spiro atoms. The SMILES string of the molecule is ClC1c2ccccc2CC1I. The Labute approximate surface area is 85.1 Å². The van der Waals surface area contributed by atoms with E-state index in [0.29, 0.717) is 3.92 Å². The molecule has 0 bridgehead atoms. The fourth-order valence-corrected chi connectivity index (χ4v) is 2.66. The number of benzene rings is 1. The summed E-state index contributed by atoms with van der Waals surface area (Å²) in [7, 11) is 0. The summed E-state index contributed by atoms with van der Waals surface area (Å²) < 4.78 is 0.576. The zero-order valence-electron chi connectivity index (χ0n) is 5.93. The number of halogens is 2. The van der Waals surface area contributed by atoms with Gasteiger partial charge in [-0.05, 0) is 17.5 Å². The van der Waals surface area contributed by atoms with Crippen LogP contribution in [0.3, 0.4) is 0 Å². The van der Waals surface area contributed by atoms with Crippen molar-refractivity contribution < 1.29 is 0 Å². The molecule has 2 atom stereocenters. The lowest BCUT2D eigenvalue weighted by molar-refractivity contribution is 0.940. The second-order valence-electron chi connectivity index (χ2n) is 2.82. The lowest BCUT2D eigenvalue weighted by Gasteiger charge is -2.04. The van der Waals surface area contributed by atoms with Crippen LogP contribution in [-0.2, 0) is 6.42 Å². The molecule has 0 radical (unpaired) electrons. The first-order valence-electron chi connectivity index (χ1n) is 3.65. The Morgan fingerprint density at radius 2 is 2.09 bits per heavy atom. The molecule has 0 aromatic heterocycles. The van der Waals surface area contributed by atoms with Gasteiger partial charge in [0.25, 0.3) is 0 Å². The molecular weight excluding hydrogens is 270 g/mol. The van der Waals surface area contributed by atoms with E-state index in [2.05, 4.69) is 46.9 Å². The molecule has 0 aliphatic heterocycles. The van der Waals surface area contributed by atoms with Crippen LogP contribution in [0.2, 0.25) is 0 Å². The van der Waals surface area contributed by atoms with Gasteiger partial charge >= 0.3 is 0 Å². The van der Waals surface area contributed by atoms with E-state index in [1.807, 2.05) is 0 Å². The highest BCUT2D eigenvalue weighted by Gasteiger charge is 2.27. The Bertz CT molecular complexity index is 272. The largest absolute Gasteiger partial charge is 0.117 e. The van der Waals surface area contributed by atoms with Crippen molar-refractivity contribution in [2.24, 2.45) is 0 Å². The lowest BCUT2D eigenvalue weighted by atomic mass is 10.1. The van der Waals surface area contributed by atoms with Crippen molar-refractivity contribution in [3.63, 3.8) is 0 Å². The van der Waals surface area contributed by atoms with Crippen LogP contribution in [0.4, 0.5) is 0 Å². The zero-order chi connectivity index (χ0) is 7.84. The average molecular weight is 279 g/mol. The standard InChI is InChI=1S/C9H8ClI/c10-9-7-4-2-1-3-6(7)5-8(9)11/h1-4,8-9H,5H2. The van der Waals surface area contributed by atoms with E-state index in [1.54, 1.807) is 0 Å². The molecule has 1 aliphatic carbocycles. The Balaban J connectivity index is 2.47. The van der Waals surface area contributed by atoms with Crippen molar-refractivity contribution in [2.75, 3.05) is 0 Å². The topological polar surface area (TPSA) is 0 Å². The van der Waals surface area contributed by atoms with Crippen molar-refractivity contribution in [2.45, 2.75) is 15.7 Å². The third-order valence-electron chi connectivity index (χ3n) is 2.08. The smallest absolute Gasteiger partial charge is 0.0708 e. The average Bonchev–Trinajstić information content (AvgIpc) is 2.30. The molecule has 0 saturated heterocycles. The minimum atomic E-state index is 0.229. The minimum absolute atomic E-state index is 0.229. The van der Waals surface area contributed by atoms with Crippen LogP contribution in [0.1, 0.15) is 16.5 Å². The van der Waals surface area contributed by atoms with Gasteiger partial charge in [0.15, 0.2) is 0 Å². The highest BCUT2D eigenvalue weighted by molar-refractivity contribution is 14.1. The molecule has 1 aromatic carbocycles. The van der Waals surface area contributed by atoms with E-state index in [0.717, 1.165) is 6.42 Å². The molecule has 2 unspecified atom stereocenters. The summed E-state index contributed by atoms with van der Waals surface area (Å²) in [4.78, 5) is 0. The van der Waals surface area contributed by atoms with Crippen molar-refractivity contribution in [1.29, 1.82) is 0 Å². The quantitative estimate of drug-likeness (QED) is 0.504. The molecular formula is C9H8ClI. The maximum absolute atomic E-state index is 6.19. The fourth-order valence-electron chi connectivity index (χ4n) is 1.50. The molecule has 1 aromatic rings. The highest BCUT2D eigenvalue weighted by atomic mass is 127. The van der Waals surface area contributed by atoms with Gasteiger partial charge in [0, 0.05) is 3.92 Å². The Morgan fingerprint density at radius 1 is 1.36 bits per heavy atom. The summed E-state index contributed by atoms with van der Waals surface area (Å²) >= 11 is 8.61. The van der Waals surface area contributed by atoms with Crippen LogP contribution in [-0.4, -0.2) is 3.92 Å². The lowest BCUT2D eigenvalue weighted by Crippen LogP contribution is -1.97. The maximum atomic E-state index is 6.19. The van der Waals surface area contributed by atoms with Crippen molar-refractivity contribution >= 4 is 34.2 Å². The first kappa shape index (κ1) is 7.87. The molecule has 1 aliphatic rings. The molecule has 2 heteroatoms. The number of hydrogen-bond donors (Lipinski definition) is 0. The predicted molar refractivity (Wildman–Crippen MR) is 56.5 cm³/mol. The third-order valence-corrected chi connectivity index (χ3v) is 4.21. The maximum Gasteiger partial charge on any atom is 0.0708 e. The normalized spacial score (nSPS) is 28.5. The van der Waals surface area contributed by atoms with Crippen LogP contribution in [0, 0.1) is 0 Å². The second kappa shape index (κ2) is 2.94. The first-order valence-corrected chi connectivity index (χ1v) is 5.33. The van der Waals surface area contributed by atoms with Gasteiger partial charge in [0.2, 0.25) is 0 Å². The van der Waals surface area contributed by atoms with Crippen molar-refractivity contribution in [3.05, 3.63) is 35.4 Å². The predicted octanol–water partition coefficient (Wildman–Crippen LogP) is 3.33. The summed E-state index contributed by atoms with van der Waals surface area (Å²) in [5.74, 6) is 0. The van der Waals surface area contributed by atoms with Crippen LogP contribution < -0.4 is 0 Å². The van der Waals surface area contributed by atoms with Gasteiger partial charge in [0.1, 0.15) is 0 Å². The third kappa shape index (κ3) is 1.29. The molecule has 0 N–H and O–H groups in total. The number of fused-ring (bicyclic) bond motifs is 1. The summed E-state index contributed by atoms with van der Waals surface area (Å²) in [5, 5.41) is 0.229. The molecule has 2 rings (SSSR count). The fraction of sp³-hybridized carbons (Fsp3) is 0.333. The summed E-state index contributed by atoms with van der Waals surface area (Å²) in [5.41, 5.74) is 2.75. The molecule has 0 heterocycles. The van der Waals surface area contributed by atoms with Gasteiger partial charge in [-0.25, -0.2) is 0 Å². The Morgan fingerprint density at radius 3 is 2.82 bits per heavy atom. The van der Waals surface area contributed by atoms with E-state index in [-0.39, 0.29) is 5.38 Å². The Kier molecular flexibility index (Phi) is 2.10. The molecule has 11 heavy (non-hydrogen) atoms. The molecule has 58 valence electrons. The summed E-state index contributed by atoms with van der Waals surface area (Å²) in [6.45, 7) is 0. The van der Waals surface area contributed by atoms with Crippen LogP contribution >= 0.6 is 34.2 Å². The summed E-state index contributed by atoms with van der Waals surface area (Å²) in [6, 6.07) is 8.44. The summed E-state index contributed by atoms with van der Waals surface area (Å²) in [6.07, 6.45) is 1.13. The van der Waals surface area contributed by atoms with E-state index in [1.165, 1.54) is 11.1 Å². The zero-order valence-corrected chi connectivity index (χ0v) is 8.84. The van der Waals surface area contributed by atoms with Gasteiger partial charge in [-0.1, -0.05) is 46.9 Å². The van der Waals surface area contributed by atoms with E-state index in [9.17, 15) is 0 Å².